The van der Waals surface area contributed by atoms with Gasteiger partial charge >= 0.3 is 0 Å². The Labute approximate surface area is 176 Å². The smallest absolute Gasteiger partial charge is 0.191 e. The molecule has 0 bridgehead atoms. The Balaban J connectivity index is 1.93. The minimum Gasteiger partial charge on any atom is -0.491 e. The molecule has 2 N–H and O–H groups in total. The standard InChI is InChI=1S/C23H39N3O3/c1-5-24-22(26-18-23(10-11-23)12-13-27-6-2)25-17-20-9-8-19(4)16-21(20)29-15-14-28-7-3/h8-9,16H,5-7,10-15,17-18H2,1-4H3,(H2,24,25,26). The van der Waals surface area contributed by atoms with Crippen molar-refractivity contribution in [3.8, 4) is 5.75 Å². The fraction of sp³-hybridized carbons (Fsp3) is 0.696. The van der Waals surface area contributed by atoms with Crippen LogP contribution in [0.2, 0.25) is 0 Å². The summed E-state index contributed by atoms with van der Waals surface area (Å²) in [5.41, 5.74) is 2.64. The van der Waals surface area contributed by atoms with Crippen molar-refractivity contribution >= 4 is 5.96 Å². The molecule has 0 aromatic heterocycles. The molecule has 1 saturated carbocycles. The van der Waals surface area contributed by atoms with Gasteiger partial charge in [-0.1, -0.05) is 12.1 Å². The summed E-state index contributed by atoms with van der Waals surface area (Å²) in [6.07, 6.45) is 3.65. The Morgan fingerprint density at radius 1 is 1.03 bits per heavy atom. The quantitative estimate of drug-likeness (QED) is 0.281. The maximum absolute atomic E-state index is 5.94. The van der Waals surface area contributed by atoms with Crippen molar-refractivity contribution in [2.75, 3.05) is 46.1 Å². The van der Waals surface area contributed by atoms with Gasteiger partial charge in [-0.15, -0.1) is 0 Å². The molecule has 6 heteroatoms. The number of nitrogens with one attached hydrogen (secondary N) is 2. The maximum Gasteiger partial charge on any atom is 0.191 e. The fourth-order valence-electron chi connectivity index (χ4n) is 3.18. The molecule has 1 aliphatic rings. The summed E-state index contributed by atoms with van der Waals surface area (Å²) in [4.78, 5) is 4.80. The zero-order chi connectivity index (χ0) is 21.0. The zero-order valence-electron chi connectivity index (χ0n) is 18.7. The van der Waals surface area contributed by atoms with Crippen molar-refractivity contribution in [1.82, 2.24) is 10.6 Å². The predicted molar refractivity (Wildman–Crippen MR) is 119 cm³/mol. The lowest BCUT2D eigenvalue weighted by molar-refractivity contribution is 0.110. The van der Waals surface area contributed by atoms with E-state index in [1.54, 1.807) is 0 Å². The fourth-order valence-corrected chi connectivity index (χ4v) is 3.18. The minimum atomic E-state index is 0.378. The van der Waals surface area contributed by atoms with Crippen LogP contribution in [-0.4, -0.2) is 52.1 Å². The van der Waals surface area contributed by atoms with Gasteiger partial charge in [-0.25, -0.2) is 4.99 Å². The largest absolute Gasteiger partial charge is 0.491 e. The van der Waals surface area contributed by atoms with Gasteiger partial charge in [0.05, 0.1) is 13.2 Å². The lowest BCUT2D eigenvalue weighted by atomic mass is 10.0. The molecular weight excluding hydrogens is 366 g/mol. The van der Waals surface area contributed by atoms with Gasteiger partial charge in [0.1, 0.15) is 12.4 Å². The van der Waals surface area contributed by atoms with E-state index in [0.717, 1.165) is 50.0 Å². The van der Waals surface area contributed by atoms with Gasteiger partial charge in [0.25, 0.3) is 0 Å². The molecule has 0 aliphatic heterocycles. The summed E-state index contributed by atoms with van der Waals surface area (Å²) in [7, 11) is 0. The first-order valence-electron chi connectivity index (χ1n) is 11.0. The molecule has 0 saturated heterocycles. The summed E-state index contributed by atoms with van der Waals surface area (Å²) in [5.74, 6) is 1.75. The molecule has 0 heterocycles. The van der Waals surface area contributed by atoms with E-state index >= 15 is 0 Å². The van der Waals surface area contributed by atoms with Crippen molar-refractivity contribution in [3.05, 3.63) is 29.3 Å². The molecule has 0 unspecified atom stereocenters. The van der Waals surface area contributed by atoms with Gasteiger partial charge in [-0.05, 0) is 64.0 Å². The third kappa shape index (κ3) is 8.62. The number of nitrogens with zero attached hydrogens (tertiary/aromatic N) is 1. The van der Waals surface area contributed by atoms with E-state index in [-0.39, 0.29) is 0 Å². The Morgan fingerprint density at radius 3 is 2.48 bits per heavy atom. The monoisotopic (exact) mass is 405 g/mol. The number of benzene rings is 1. The Hall–Kier alpha value is -1.79. The lowest BCUT2D eigenvalue weighted by Crippen LogP contribution is -2.40. The topological polar surface area (TPSA) is 64.1 Å². The highest BCUT2D eigenvalue weighted by molar-refractivity contribution is 5.79. The van der Waals surface area contributed by atoms with Crippen molar-refractivity contribution in [3.63, 3.8) is 0 Å². The average molecular weight is 406 g/mol. The Morgan fingerprint density at radius 2 is 1.79 bits per heavy atom. The van der Waals surface area contributed by atoms with Gasteiger partial charge < -0.3 is 24.8 Å². The van der Waals surface area contributed by atoms with E-state index in [1.165, 1.54) is 18.4 Å². The average Bonchev–Trinajstić information content (AvgIpc) is 3.49. The highest BCUT2D eigenvalue weighted by Crippen LogP contribution is 2.48. The third-order valence-corrected chi connectivity index (χ3v) is 5.23. The highest BCUT2D eigenvalue weighted by atomic mass is 16.5. The minimum absolute atomic E-state index is 0.378. The first kappa shape index (κ1) is 23.5. The van der Waals surface area contributed by atoms with Crippen molar-refractivity contribution in [2.45, 2.75) is 53.5 Å². The number of aliphatic imine (C=N–C) groups is 1. The predicted octanol–water partition coefficient (Wildman–Crippen LogP) is 3.67. The molecular formula is C23H39N3O3. The van der Waals surface area contributed by atoms with Gasteiger partial charge in [0.2, 0.25) is 0 Å². The summed E-state index contributed by atoms with van der Waals surface area (Å²) < 4.78 is 16.9. The van der Waals surface area contributed by atoms with Gasteiger partial charge in [0.15, 0.2) is 5.96 Å². The van der Waals surface area contributed by atoms with E-state index in [9.17, 15) is 0 Å². The molecule has 29 heavy (non-hydrogen) atoms. The normalized spacial score (nSPS) is 15.2. The van der Waals surface area contributed by atoms with Gasteiger partial charge in [0, 0.05) is 38.5 Å². The molecule has 0 atom stereocenters. The maximum atomic E-state index is 5.94. The summed E-state index contributed by atoms with van der Waals surface area (Å²) in [5, 5.41) is 6.89. The van der Waals surface area contributed by atoms with Crippen LogP contribution in [0.15, 0.2) is 23.2 Å². The molecule has 1 aromatic carbocycles. The van der Waals surface area contributed by atoms with E-state index in [2.05, 4.69) is 42.7 Å². The molecule has 2 rings (SSSR count). The van der Waals surface area contributed by atoms with Crippen LogP contribution in [0.1, 0.15) is 51.2 Å². The number of hydrogen-bond donors (Lipinski definition) is 2. The first-order chi connectivity index (χ1) is 14.1. The molecule has 164 valence electrons. The van der Waals surface area contributed by atoms with E-state index < -0.39 is 0 Å². The number of ether oxygens (including phenoxy) is 3. The second-order valence-electron chi connectivity index (χ2n) is 7.65. The third-order valence-electron chi connectivity index (χ3n) is 5.23. The van der Waals surface area contributed by atoms with Crippen LogP contribution in [0.3, 0.4) is 0 Å². The number of aryl methyl sites for hydroxylation is 1. The second-order valence-corrected chi connectivity index (χ2v) is 7.65. The van der Waals surface area contributed by atoms with Crippen LogP contribution in [0.25, 0.3) is 0 Å². The van der Waals surface area contributed by atoms with E-state index in [1.807, 2.05) is 13.8 Å². The first-order valence-corrected chi connectivity index (χ1v) is 11.0. The molecule has 1 aliphatic carbocycles. The van der Waals surface area contributed by atoms with Crippen LogP contribution in [-0.2, 0) is 16.0 Å². The van der Waals surface area contributed by atoms with Crippen LogP contribution >= 0.6 is 0 Å². The van der Waals surface area contributed by atoms with Crippen LogP contribution in [0, 0.1) is 12.3 Å². The van der Waals surface area contributed by atoms with Crippen LogP contribution < -0.4 is 15.4 Å². The van der Waals surface area contributed by atoms with E-state index in [0.29, 0.717) is 31.8 Å². The highest BCUT2D eigenvalue weighted by Gasteiger charge is 2.41. The van der Waals surface area contributed by atoms with Crippen molar-refractivity contribution in [1.29, 1.82) is 0 Å². The molecule has 6 nitrogen and oxygen atoms in total. The van der Waals surface area contributed by atoms with Gasteiger partial charge in [-0.3, -0.25) is 0 Å². The summed E-state index contributed by atoms with van der Waals surface area (Å²) in [6.45, 7) is 14.0. The zero-order valence-corrected chi connectivity index (χ0v) is 18.7. The molecule has 0 amide bonds. The number of rotatable bonds is 14. The van der Waals surface area contributed by atoms with Crippen molar-refractivity contribution in [2.24, 2.45) is 10.4 Å². The summed E-state index contributed by atoms with van der Waals surface area (Å²) >= 11 is 0. The van der Waals surface area contributed by atoms with Gasteiger partial charge in [-0.2, -0.15) is 0 Å². The lowest BCUT2D eigenvalue weighted by Gasteiger charge is -2.18. The molecule has 0 spiro atoms. The number of hydrogen-bond acceptors (Lipinski definition) is 4. The second kappa shape index (κ2) is 12.7. The Kier molecular flexibility index (Phi) is 10.3. The molecule has 0 radical (unpaired) electrons. The van der Waals surface area contributed by atoms with E-state index in [4.69, 9.17) is 19.2 Å². The molecule has 1 fully saturated rings. The Bertz CT molecular complexity index is 630. The SMILES string of the molecule is CCNC(=NCc1ccc(C)cc1OCCOCC)NCC1(CCOCC)CC1. The van der Waals surface area contributed by atoms with Crippen LogP contribution in [0.5, 0.6) is 5.75 Å². The van der Waals surface area contributed by atoms with Crippen LogP contribution in [0.4, 0.5) is 0 Å². The van der Waals surface area contributed by atoms with Crippen molar-refractivity contribution < 1.29 is 14.2 Å². The summed E-state index contributed by atoms with van der Waals surface area (Å²) in [6, 6.07) is 6.28. The number of guanidine groups is 1. The molecule has 1 aromatic rings.